The summed E-state index contributed by atoms with van der Waals surface area (Å²) in [5.41, 5.74) is 6.43. The minimum atomic E-state index is -0.678. The van der Waals surface area contributed by atoms with Gasteiger partial charge in [0.25, 0.3) is 0 Å². The van der Waals surface area contributed by atoms with Gasteiger partial charge in [-0.2, -0.15) is 0 Å². The molecule has 5 nitrogen and oxygen atoms in total. The minimum Gasteiger partial charge on any atom is -0.455 e. The molecule has 0 radical (unpaired) electrons. The summed E-state index contributed by atoms with van der Waals surface area (Å²) < 4.78 is 13.0. The van der Waals surface area contributed by atoms with Crippen LogP contribution in [0.15, 0.2) is 24.3 Å². The Morgan fingerprint density at radius 1 is 1.11 bits per heavy atom. The number of benzene rings is 1. The maximum atomic E-state index is 12.2. The van der Waals surface area contributed by atoms with Crippen molar-refractivity contribution in [2.75, 3.05) is 0 Å². The van der Waals surface area contributed by atoms with Crippen molar-refractivity contribution in [2.45, 2.75) is 123 Å². The molecule has 2 heterocycles. The van der Waals surface area contributed by atoms with Crippen molar-refractivity contribution in [1.29, 1.82) is 0 Å². The molecule has 1 N–H and O–H groups in total. The third-order valence-corrected chi connectivity index (χ3v) is 8.72. The molecule has 2 aromatic rings. The van der Waals surface area contributed by atoms with Gasteiger partial charge in [-0.1, -0.05) is 85.6 Å². The number of aliphatic hydroxyl groups excluding tert-OH is 1. The summed E-state index contributed by atoms with van der Waals surface area (Å²) in [5.74, 6) is -0.173. The van der Waals surface area contributed by atoms with E-state index in [1.54, 1.807) is 0 Å². The molecule has 5 rings (SSSR count). The highest BCUT2D eigenvalue weighted by Crippen LogP contribution is 2.61. The van der Waals surface area contributed by atoms with E-state index in [0.29, 0.717) is 6.42 Å². The van der Waals surface area contributed by atoms with Crippen LogP contribution < -0.4 is 0 Å². The van der Waals surface area contributed by atoms with Crippen LogP contribution in [0.1, 0.15) is 151 Å². The van der Waals surface area contributed by atoms with Gasteiger partial charge in [-0.3, -0.25) is 9.78 Å². The monoisotopic (exact) mass is 505 g/mol. The molecule has 0 saturated heterocycles. The average molecular weight is 506 g/mol. The fourth-order valence-electron chi connectivity index (χ4n) is 6.89. The second kappa shape index (κ2) is 8.91. The molecule has 1 spiro atoms. The highest BCUT2D eigenvalue weighted by molar-refractivity contribution is 5.67. The Bertz CT molecular complexity index is 1200. The van der Waals surface area contributed by atoms with Crippen LogP contribution in [0.3, 0.4) is 0 Å². The van der Waals surface area contributed by atoms with Crippen molar-refractivity contribution in [3.05, 3.63) is 63.5 Å². The number of rotatable bonds is 3. The predicted octanol–water partition coefficient (Wildman–Crippen LogP) is 7.46. The first-order valence-corrected chi connectivity index (χ1v) is 14.0. The lowest BCUT2D eigenvalue weighted by Gasteiger charge is -2.42. The smallest absolute Gasteiger partial charge is 0.303 e. The van der Waals surface area contributed by atoms with Crippen LogP contribution >= 0.6 is 0 Å². The lowest BCUT2D eigenvalue weighted by Crippen LogP contribution is -2.37. The molecule has 5 heteroatoms. The van der Waals surface area contributed by atoms with E-state index in [4.69, 9.17) is 14.5 Å². The van der Waals surface area contributed by atoms with Gasteiger partial charge in [-0.15, -0.1) is 0 Å². The van der Waals surface area contributed by atoms with Gasteiger partial charge in [0.05, 0.1) is 17.4 Å². The number of aromatic nitrogens is 1. The standard InChI is InChI=1S/C32H43NO4/c1-18(2)26-24-25(23-22(35)17-31(7,8)29(27(23)33-26)36-19(3)34)32(15-9-10-16-32)37-28(24)20-11-13-21(14-12-20)30(4,5)6/h11-14,18,22,28-29,35H,9-10,15-17H2,1-8H3/t22-,28+,29+/m0/s1. The molecule has 1 aromatic carbocycles. The number of nitrogens with zero attached hydrogens (tertiary/aromatic N) is 1. The molecule has 2 aliphatic carbocycles. The highest BCUT2D eigenvalue weighted by atomic mass is 16.5. The number of aliphatic hydroxyl groups is 1. The lowest BCUT2D eigenvalue weighted by molar-refractivity contribution is -0.156. The highest BCUT2D eigenvalue weighted by Gasteiger charge is 2.54. The van der Waals surface area contributed by atoms with E-state index in [-0.39, 0.29) is 23.4 Å². The maximum absolute atomic E-state index is 12.2. The average Bonchev–Trinajstić information content (AvgIpc) is 3.40. The molecular formula is C32H43NO4. The zero-order chi connectivity index (χ0) is 26.9. The van der Waals surface area contributed by atoms with Crippen LogP contribution in [0.25, 0.3) is 0 Å². The number of fused-ring (bicyclic) bond motifs is 4. The van der Waals surface area contributed by atoms with E-state index in [9.17, 15) is 9.90 Å². The van der Waals surface area contributed by atoms with Crippen LogP contribution in [0.5, 0.6) is 0 Å². The van der Waals surface area contributed by atoms with E-state index in [2.05, 4.69) is 72.7 Å². The van der Waals surface area contributed by atoms with Crippen LogP contribution in [-0.2, 0) is 25.3 Å². The lowest BCUT2D eigenvalue weighted by atomic mass is 9.68. The quantitative estimate of drug-likeness (QED) is 0.439. The Morgan fingerprint density at radius 2 is 1.73 bits per heavy atom. The molecule has 3 aliphatic rings. The minimum absolute atomic E-state index is 0.0754. The third kappa shape index (κ3) is 4.32. The van der Waals surface area contributed by atoms with Crippen molar-refractivity contribution in [1.82, 2.24) is 4.98 Å². The van der Waals surface area contributed by atoms with Gasteiger partial charge < -0.3 is 14.6 Å². The Balaban J connectivity index is 1.77. The number of hydrogen-bond acceptors (Lipinski definition) is 5. The molecular weight excluding hydrogens is 462 g/mol. The fourth-order valence-corrected chi connectivity index (χ4v) is 6.89. The Kier molecular flexibility index (Phi) is 6.35. The summed E-state index contributed by atoms with van der Waals surface area (Å²) in [7, 11) is 0. The number of pyridine rings is 1. The topological polar surface area (TPSA) is 68.7 Å². The van der Waals surface area contributed by atoms with Gasteiger partial charge in [0.15, 0.2) is 0 Å². The van der Waals surface area contributed by atoms with Gasteiger partial charge in [-0.25, -0.2) is 0 Å². The summed E-state index contributed by atoms with van der Waals surface area (Å²) in [6.07, 6.45) is 3.14. The second-order valence-electron chi connectivity index (χ2n) is 13.5. The zero-order valence-electron chi connectivity index (χ0n) is 23.8. The van der Waals surface area contributed by atoms with Crippen LogP contribution in [0, 0.1) is 5.41 Å². The van der Waals surface area contributed by atoms with E-state index in [1.165, 1.54) is 12.5 Å². The first kappa shape index (κ1) is 26.4. The summed E-state index contributed by atoms with van der Waals surface area (Å²) in [4.78, 5) is 17.4. The number of ether oxygens (including phenoxy) is 2. The van der Waals surface area contributed by atoms with E-state index in [1.807, 2.05) is 0 Å². The number of carbonyl (C=O) groups excluding carboxylic acids is 1. The van der Waals surface area contributed by atoms with Gasteiger partial charge >= 0.3 is 5.97 Å². The molecule has 1 aliphatic heterocycles. The predicted molar refractivity (Wildman–Crippen MR) is 144 cm³/mol. The van der Waals surface area contributed by atoms with Gasteiger partial charge in [-0.05, 0) is 47.3 Å². The SMILES string of the molecule is CC(=O)O[C@@H]1c2nc(C(C)C)c3c(c2[C@@H](O)CC1(C)C)C1(CCCC1)O[C@@H]3c1ccc(C(C)(C)C)cc1. The van der Waals surface area contributed by atoms with Crippen molar-refractivity contribution in [2.24, 2.45) is 5.41 Å². The van der Waals surface area contributed by atoms with Crippen molar-refractivity contribution >= 4 is 5.97 Å². The van der Waals surface area contributed by atoms with Gasteiger partial charge in [0.2, 0.25) is 0 Å². The summed E-state index contributed by atoms with van der Waals surface area (Å²) in [5, 5.41) is 11.6. The first-order valence-electron chi connectivity index (χ1n) is 14.0. The van der Waals surface area contributed by atoms with Crippen LogP contribution in [-0.4, -0.2) is 16.1 Å². The molecule has 0 bridgehead atoms. The van der Waals surface area contributed by atoms with Crippen molar-refractivity contribution < 1.29 is 19.4 Å². The van der Waals surface area contributed by atoms with E-state index < -0.39 is 23.2 Å². The molecule has 0 unspecified atom stereocenters. The van der Waals surface area contributed by atoms with Crippen LogP contribution in [0.2, 0.25) is 0 Å². The Morgan fingerprint density at radius 3 is 2.27 bits per heavy atom. The molecule has 1 aromatic heterocycles. The van der Waals surface area contributed by atoms with Crippen LogP contribution in [0.4, 0.5) is 0 Å². The maximum Gasteiger partial charge on any atom is 0.303 e. The first-order chi connectivity index (χ1) is 17.2. The summed E-state index contributed by atoms with van der Waals surface area (Å²) >= 11 is 0. The fraction of sp³-hybridized carbons (Fsp3) is 0.625. The molecule has 3 atom stereocenters. The summed E-state index contributed by atoms with van der Waals surface area (Å²) in [6, 6.07) is 8.83. The van der Waals surface area contributed by atoms with Gasteiger partial charge in [0, 0.05) is 29.2 Å². The Hall–Kier alpha value is -2.24. The number of carbonyl (C=O) groups is 1. The third-order valence-electron chi connectivity index (χ3n) is 8.72. The van der Waals surface area contributed by atoms with E-state index >= 15 is 0 Å². The zero-order valence-corrected chi connectivity index (χ0v) is 23.8. The molecule has 1 saturated carbocycles. The molecule has 37 heavy (non-hydrogen) atoms. The molecule has 200 valence electrons. The van der Waals surface area contributed by atoms with E-state index in [0.717, 1.165) is 59.3 Å². The number of esters is 1. The van der Waals surface area contributed by atoms with Crippen molar-refractivity contribution in [3.63, 3.8) is 0 Å². The largest absolute Gasteiger partial charge is 0.455 e. The normalized spacial score (nSPS) is 25.8. The second-order valence-corrected chi connectivity index (χ2v) is 13.5. The molecule has 0 amide bonds. The summed E-state index contributed by atoms with van der Waals surface area (Å²) in [6.45, 7) is 16.6. The van der Waals surface area contributed by atoms with Crippen molar-refractivity contribution in [3.8, 4) is 0 Å². The molecule has 1 fully saturated rings. The number of hydrogen-bond donors (Lipinski definition) is 1. The van der Waals surface area contributed by atoms with Gasteiger partial charge in [0.1, 0.15) is 12.2 Å². The Labute approximate surface area is 222 Å².